The summed E-state index contributed by atoms with van der Waals surface area (Å²) in [6.07, 6.45) is 4.83. The first kappa shape index (κ1) is 16.8. The van der Waals surface area contributed by atoms with Crippen LogP contribution >= 0.6 is 0 Å². The number of nitrogens with one attached hydrogen (secondary N) is 1. The first-order chi connectivity index (χ1) is 10.1. The Hall–Kier alpha value is -1.52. The van der Waals surface area contributed by atoms with Crippen molar-refractivity contribution in [3.05, 3.63) is 11.6 Å². The van der Waals surface area contributed by atoms with Crippen LogP contribution in [0.4, 0.5) is 4.79 Å². The number of carboxylic acid groups (broad SMARTS) is 1. The number of aliphatic carboxylic acids is 1. The van der Waals surface area contributed by atoms with E-state index in [0.29, 0.717) is 12.5 Å². The van der Waals surface area contributed by atoms with E-state index >= 15 is 0 Å². The number of hydrogen-bond donors (Lipinski definition) is 2. The molecule has 1 fully saturated rings. The maximum Gasteiger partial charge on any atom is 0.407 e. The predicted molar refractivity (Wildman–Crippen MR) is 83.5 cm³/mol. The van der Waals surface area contributed by atoms with Crippen LogP contribution in [0, 0.1) is 17.3 Å². The molecule has 3 atom stereocenters. The van der Waals surface area contributed by atoms with Crippen molar-refractivity contribution in [3.8, 4) is 0 Å². The first-order valence-electron chi connectivity index (χ1n) is 8.03. The fourth-order valence-electron chi connectivity index (χ4n) is 3.86. The highest BCUT2D eigenvalue weighted by atomic mass is 16.6. The van der Waals surface area contributed by atoms with Gasteiger partial charge in [-0.15, -0.1) is 0 Å². The summed E-state index contributed by atoms with van der Waals surface area (Å²) in [5.41, 5.74) is 0.513. The van der Waals surface area contributed by atoms with Crippen LogP contribution in [-0.2, 0) is 9.53 Å². The Labute approximate surface area is 132 Å². The number of hydrogen-bond acceptors (Lipinski definition) is 3. The molecule has 0 radical (unpaired) electrons. The maximum atomic E-state index is 11.8. The van der Waals surface area contributed by atoms with Gasteiger partial charge in [0.05, 0.1) is 6.42 Å². The van der Waals surface area contributed by atoms with Crippen molar-refractivity contribution in [1.82, 2.24) is 5.32 Å². The topological polar surface area (TPSA) is 75.6 Å². The second-order valence-corrected chi connectivity index (χ2v) is 7.66. The third-order valence-electron chi connectivity index (χ3n) is 4.76. The maximum absolute atomic E-state index is 11.8. The van der Waals surface area contributed by atoms with Crippen LogP contribution in [-0.4, -0.2) is 29.3 Å². The van der Waals surface area contributed by atoms with E-state index in [9.17, 15) is 14.7 Å². The van der Waals surface area contributed by atoms with Gasteiger partial charge in [0.1, 0.15) is 5.60 Å². The Morgan fingerprint density at radius 2 is 2.14 bits per heavy atom. The van der Waals surface area contributed by atoms with Crippen molar-refractivity contribution in [2.45, 2.75) is 59.0 Å². The van der Waals surface area contributed by atoms with Crippen molar-refractivity contribution in [1.29, 1.82) is 0 Å². The predicted octanol–water partition coefficient (Wildman–Crippen LogP) is 3.35. The lowest BCUT2D eigenvalue weighted by atomic mass is 9.53. The van der Waals surface area contributed by atoms with E-state index < -0.39 is 17.7 Å². The zero-order valence-corrected chi connectivity index (χ0v) is 13.9. The Kier molecular flexibility index (Phi) is 4.54. The van der Waals surface area contributed by atoms with Crippen LogP contribution in [0.5, 0.6) is 0 Å². The van der Waals surface area contributed by atoms with Gasteiger partial charge in [0, 0.05) is 12.0 Å². The molecule has 0 bridgehead atoms. The molecule has 22 heavy (non-hydrogen) atoms. The summed E-state index contributed by atoms with van der Waals surface area (Å²) < 4.78 is 5.25. The van der Waals surface area contributed by atoms with Crippen molar-refractivity contribution in [2.24, 2.45) is 17.3 Å². The van der Waals surface area contributed by atoms with Crippen LogP contribution in [0.2, 0.25) is 0 Å². The number of carboxylic acids is 1. The number of fused-ring (bicyclic) bond motifs is 1. The zero-order valence-electron chi connectivity index (χ0n) is 13.9. The summed E-state index contributed by atoms with van der Waals surface area (Å²) in [4.78, 5) is 23.1. The molecule has 0 unspecified atom stereocenters. The number of alkyl carbamates (subject to hydrolysis) is 1. The molecule has 2 rings (SSSR count). The lowest BCUT2D eigenvalue weighted by Gasteiger charge is -2.51. The quantitative estimate of drug-likeness (QED) is 0.764. The molecule has 0 saturated heterocycles. The molecule has 0 heterocycles. The Morgan fingerprint density at radius 1 is 1.45 bits per heavy atom. The average molecular weight is 309 g/mol. The summed E-state index contributed by atoms with van der Waals surface area (Å²) >= 11 is 0. The minimum atomic E-state index is -0.803. The van der Waals surface area contributed by atoms with Gasteiger partial charge in [0.25, 0.3) is 0 Å². The van der Waals surface area contributed by atoms with Gasteiger partial charge >= 0.3 is 12.1 Å². The number of carbonyl (C=O) groups is 2. The van der Waals surface area contributed by atoms with E-state index in [2.05, 4.69) is 18.3 Å². The smallest absolute Gasteiger partial charge is 0.407 e. The Balaban J connectivity index is 2.01. The summed E-state index contributed by atoms with van der Waals surface area (Å²) in [5.74, 6) is 0.0195. The molecule has 124 valence electrons. The number of carbonyl (C=O) groups excluding carboxylic acids is 1. The van der Waals surface area contributed by atoms with Gasteiger partial charge < -0.3 is 15.2 Å². The van der Waals surface area contributed by atoms with E-state index in [1.54, 1.807) is 0 Å². The molecule has 0 aromatic heterocycles. The van der Waals surface area contributed by atoms with Gasteiger partial charge in [-0.05, 0) is 51.9 Å². The molecule has 1 saturated carbocycles. The average Bonchev–Trinajstić information content (AvgIpc) is 2.70. The lowest BCUT2D eigenvalue weighted by molar-refractivity contribution is -0.144. The van der Waals surface area contributed by atoms with Gasteiger partial charge in [0.2, 0.25) is 0 Å². The lowest BCUT2D eigenvalue weighted by Crippen LogP contribution is -2.53. The largest absolute Gasteiger partial charge is 0.481 e. The molecule has 0 aliphatic heterocycles. The Morgan fingerprint density at radius 3 is 2.68 bits per heavy atom. The van der Waals surface area contributed by atoms with Crippen LogP contribution in [0.3, 0.4) is 0 Å². The molecule has 0 aromatic carbocycles. The summed E-state index contributed by atoms with van der Waals surface area (Å²) in [6, 6.07) is 0. The Bertz CT molecular complexity index is 491. The van der Waals surface area contributed by atoms with Gasteiger partial charge in [0.15, 0.2) is 0 Å². The molecule has 5 heteroatoms. The van der Waals surface area contributed by atoms with Crippen molar-refractivity contribution in [3.63, 3.8) is 0 Å². The minimum Gasteiger partial charge on any atom is -0.481 e. The monoisotopic (exact) mass is 309 g/mol. The second-order valence-electron chi connectivity index (χ2n) is 7.66. The molecule has 1 amide bonds. The zero-order chi connectivity index (χ0) is 16.5. The van der Waals surface area contributed by atoms with Crippen LogP contribution in [0.25, 0.3) is 0 Å². The minimum absolute atomic E-state index is 0.0947. The second kappa shape index (κ2) is 5.94. The molecular weight excluding hydrogens is 282 g/mol. The first-order valence-corrected chi connectivity index (χ1v) is 8.03. The number of amides is 1. The van der Waals surface area contributed by atoms with E-state index in [1.165, 1.54) is 5.57 Å². The van der Waals surface area contributed by atoms with E-state index in [0.717, 1.165) is 19.3 Å². The molecule has 0 spiro atoms. The van der Waals surface area contributed by atoms with Crippen molar-refractivity contribution >= 4 is 12.1 Å². The molecule has 0 aromatic rings. The van der Waals surface area contributed by atoms with Crippen molar-refractivity contribution in [2.75, 3.05) is 6.54 Å². The molecule has 2 N–H and O–H groups in total. The third-order valence-corrected chi connectivity index (χ3v) is 4.76. The summed E-state index contributed by atoms with van der Waals surface area (Å²) in [5, 5.41) is 12.0. The van der Waals surface area contributed by atoms with Crippen LogP contribution in [0.15, 0.2) is 11.6 Å². The highest BCUT2D eigenvalue weighted by Gasteiger charge is 2.55. The van der Waals surface area contributed by atoms with E-state index in [4.69, 9.17) is 4.74 Å². The molecule has 5 nitrogen and oxygen atoms in total. The number of ether oxygens (including phenoxy) is 1. The summed E-state index contributed by atoms with van der Waals surface area (Å²) in [6.45, 7) is 7.93. The van der Waals surface area contributed by atoms with Gasteiger partial charge in [-0.1, -0.05) is 18.6 Å². The fraction of sp³-hybridized carbons (Fsp3) is 0.765. The van der Waals surface area contributed by atoms with Gasteiger partial charge in [-0.25, -0.2) is 4.79 Å². The van der Waals surface area contributed by atoms with Crippen LogP contribution in [0.1, 0.15) is 53.4 Å². The number of rotatable bonds is 5. The fourth-order valence-corrected chi connectivity index (χ4v) is 3.86. The van der Waals surface area contributed by atoms with Gasteiger partial charge in [-0.3, -0.25) is 4.79 Å². The molecule has 2 aliphatic rings. The number of allylic oxidation sites excluding steroid dienone is 2. The third kappa shape index (κ3) is 3.62. The van der Waals surface area contributed by atoms with E-state index in [1.807, 2.05) is 20.8 Å². The summed E-state index contributed by atoms with van der Waals surface area (Å²) in [7, 11) is 0. The molecular formula is C17H27NO4. The van der Waals surface area contributed by atoms with Gasteiger partial charge in [-0.2, -0.15) is 0 Å². The molecule has 2 aliphatic carbocycles. The normalized spacial score (nSPS) is 30.1. The SMILES string of the molecule is CCC1=C[C@H]2[C@H](C1)C[C@@]2(CNC(=O)OC(C)(C)C)CC(=O)O. The van der Waals surface area contributed by atoms with E-state index in [-0.39, 0.29) is 17.8 Å². The standard InChI is InChI=1S/C17H27NO4/c1-5-11-6-12-8-17(9-14(19)20,13(12)7-11)10-18-15(21)22-16(2,3)4/h7,12-13H,5-6,8-10H2,1-4H3,(H,18,21)(H,19,20)/t12-,13+,17+/m1/s1. The highest BCUT2D eigenvalue weighted by molar-refractivity contribution is 5.70. The highest BCUT2D eigenvalue weighted by Crippen LogP contribution is 2.59. The van der Waals surface area contributed by atoms with Crippen molar-refractivity contribution < 1.29 is 19.4 Å². The van der Waals surface area contributed by atoms with Crippen LogP contribution < -0.4 is 5.32 Å².